The molecule has 1 aromatic carbocycles. The first-order chi connectivity index (χ1) is 12.4. The van der Waals surface area contributed by atoms with Crippen molar-refractivity contribution in [2.24, 2.45) is 0 Å². The van der Waals surface area contributed by atoms with Crippen molar-refractivity contribution in [2.75, 3.05) is 13.1 Å². The van der Waals surface area contributed by atoms with E-state index in [9.17, 15) is 13.2 Å². The molecule has 1 aromatic heterocycles. The molecule has 0 saturated carbocycles. The quantitative estimate of drug-likeness (QED) is 0.765. The summed E-state index contributed by atoms with van der Waals surface area (Å²) >= 11 is 5.82. The SMILES string of the molecule is O=C(c1ccc(CS(=O)(=O)Cc2ccc(Cl)cc2)o1)N1CCCCCC1. The lowest BCUT2D eigenvalue weighted by atomic mass is 10.2. The normalized spacial score (nSPS) is 15.7. The van der Waals surface area contributed by atoms with Gasteiger partial charge in [0, 0.05) is 18.1 Å². The smallest absolute Gasteiger partial charge is 0.289 e. The van der Waals surface area contributed by atoms with Gasteiger partial charge in [-0.25, -0.2) is 8.42 Å². The minimum atomic E-state index is -3.41. The molecule has 3 rings (SSSR count). The second-order valence-electron chi connectivity index (χ2n) is 6.63. The van der Waals surface area contributed by atoms with Crippen molar-refractivity contribution in [3.8, 4) is 0 Å². The zero-order valence-corrected chi connectivity index (χ0v) is 16.1. The number of nitrogens with zero attached hydrogens (tertiary/aromatic N) is 1. The third-order valence-electron chi connectivity index (χ3n) is 4.43. The van der Waals surface area contributed by atoms with E-state index in [1.807, 2.05) is 0 Å². The van der Waals surface area contributed by atoms with Crippen LogP contribution in [0.15, 0.2) is 40.8 Å². The Bertz CT molecular complexity index is 850. The van der Waals surface area contributed by atoms with Gasteiger partial charge >= 0.3 is 0 Å². The molecule has 26 heavy (non-hydrogen) atoms. The maximum atomic E-state index is 12.5. The lowest BCUT2D eigenvalue weighted by Gasteiger charge is -2.18. The second kappa shape index (κ2) is 8.27. The predicted molar refractivity (Wildman–Crippen MR) is 101 cm³/mol. The van der Waals surface area contributed by atoms with Crippen molar-refractivity contribution >= 4 is 27.3 Å². The first-order valence-electron chi connectivity index (χ1n) is 8.76. The van der Waals surface area contributed by atoms with Gasteiger partial charge in [0.15, 0.2) is 15.6 Å². The van der Waals surface area contributed by atoms with Gasteiger partial charge in [-0.3, -0.25) is 4.79 Å². The topological polar surface area (TPSA) is 67.6 Å². The second-order valence-corrected chi connectivity index (χ2v) is 9.13. The van der Waals surface area contributed by atoms with Crippen molar-refractivity contribution in [2.45, 2.75) is 37.2 Å². The first-order valence-corrected chi connectivity index (χ1v) is 11.0. The fourth-order valence-corrected chi connectivity index (χ4v) is 4.62. The third kappa shape index (κ3) is 5.11. The summed E-state index contributed by atoms with van der Waals surface area (Å²) in [6, 6.07) is 9.85. The van der Waals surface area contributed by atoms with E-state index >= 15 is 0 Å². The fourth-order valence-electron chi connectivity index (χ4n) is 3.10. The summed E-state index contributed by atoms with van der Waals surface area (Å²) in [5, 5.41) is 0.564. The van der Waals surface area contributed by atoms with Crippen LogP contribution in [-0.4, -0.2) is 32.3 Å². The molecule has 5 nitrogen and oxygen atoms in total. The molecule has 0 unspecified atom stereocenters. The highest BCUT2D eigenvalue weighted by Gasteiger charge is 2.22. The van der Waals surface area contributed by atoms with Crippen LogP contribution in [0, 0.1) is 0 Å². The number of furan rings is 1. The monoisotopic (exact) mass is 395 g/mol. The van der Waals surface area contributed by atoms with E-state index in [-0.39, 0.29) is 28.9 Å². The van der Waals surface area contributed by atoms with Crippen LogP contribution >= 0.6 is 11.6 Å². The minimum Gasteiger partial charge on any atom is -0.455 e. The van der Waals surface area contributed by atoms with Crippen LogP contribution in [0.1, 0.15) is 47.6 Å². The molecular formula is C19H22ClNO4S. The van der Waals surface area contributed by atoms with Crippen LogP contribution in [0.3, 0.4) is 0 Å². The minimum absolute atomic E-state index is 0.0970. The molecule has 2 aromatic rings. The largest absolute Gasteiger partial charge is 0.455 e. The van der Waals surface area contributed by atoms with Crippen LogP contribution in [0.25, 0.3) is 0 Å². The molecule has 0 aliphatic carbocycles. The number of sulfone groups is 1. The van der Waals surface area contributed by atoms with Crippen molar-refractivity contribution in [3.05, 3.63) is 58.5 Å². The predicted octanol–water partition coefficient (Wildman–Crippen LogP) is 4.06. The van der Waals surface area contributed by atoms with E-state index in [2.05, 4.69) is 0 Å². The van der Waals surface area contributed by atoms with Crippen molar-refractivity contribution in [1.29, 1.82) is 0 Å². The molecule has 140 valence electrons. The van der Waals surface area contributed by atoms with Gasteiger partial charge < -0.3 is 9.32 Å². The molecule has 1 saturated heterocycles. The first kappa shape index (κ1) is 19.0. The molecule has 1 aliphatic heterocycles. The van der Waals surface area contributed by atoms with Gasteiger partial charge in [-0.05, 0) is 42.7 Å². The summed E-state index contributed by atoms with van der Waals surface area (Å²) in [5.41, 5.74) is 0.668. The number of benzene rings is 1. The highest BCUT2D eigenvalue weighted by Crippen LogP contribution is 2.19. The maximum Gasteiger partial charge on any atom is 0.289 e. The lowest BCUT2D eigenvalue weighted by molar-refractivity contribution is 0.0728. The zero-order valence-electron chi connectivity index (χ0n) is 14.5. The molecule has 1 fully saturated rings. The Morgan fingerprint density at radius 3 is 2.27 bits per heavy atom. The van der Waals surface area contributed by atoms with Gasteiger partial charge in [-0.1, -0.05) is 36.6 Å². The van der Waals surface area contributed by atoms with Crippen molar-refractivity contribution < 1.29 is 17.6 Å². The Labute approximate surface area is 158 Å². The van der Waals surface area contributed by atoms with Crippen LogP contribution in [0.4, 0.5) is 0 Å². The zero-order chi connectivity index (χ0) is 18.6. The standard InChI is InChI=1S/C19H22ClNO4S/c20-16-7-5-15(6-8-16)13-26(23,24)14-17-9-10-18(25-17)19(22)21-11-3-1-2-4-12-21/h5-10H,1-4,11-14H2. The molecule has 2 heterocycles. The van der Waals surface area contributed by atoms with Gasteiger partial charge in [0.05, 0.1) is 5.75 Å². The third-order valence-corrected chi connectivity index (χ3v) is 6.18. The van der Waals surface area contributed by atoms with Gasteiger partial charge in [-0.15, -0.1) is 0 Å². The molecule has 1 aliphatic rings. The van der Waals surface area contributed by atoms with E-state index < -0.39 is 9.84 Å². The molecule has 0 spiro atoms. The number of likely N-dealkylation sites (tertiary alicyclic amines) is 1. The Morgan fingerprint density at radius 1 is 0.962 bits per heavy atom. The van der Waals surface area contributed by atoms with Crippen LogP contribution < -0.4 is 0 Å². The average molecular weight is 396 g/mol. The van der Waals surface area contributed by atoms with Gasteiger partial charge in [0.1, 0.15) is 11.5 Å². The number of rotatable bonds is 5. The van der Waals surface area contributed by atoms with Crippen LogP contribution in [0.5, 0.6) is 0 Å². The fraction of sp³-hybridized carbons (Fsp3) is 0.421. The van der Waals surface area contributed by atoms with Gasteiger partial charge in [0.2, 0.25) is 0 Å². The van der Waals surface area contributed by atoms with Crippen molar-refractivity contribution in [3.63, 3.8) is 0 Å². The molecule has 0 N–H and O–H groups in total. The highest BCUT2D eigenvalue weighted by atomic mass is 35.5. The number of halogens is 1. The van der Waals surface area contributed by atoms with Crippen molar-refractivity contribution in [1.82, 2.24) is 4.90 Å². The Kier molecular flexibility index (Phi) is 6.04. The van der Waals surface area contributed by atoms with E-state index in [4.69, 9.17) is 16.0 Å². The molecular weight excluding hydrogens is 374 g/mol. The van der Waals surface area contributed by atoms with Gasteiger partial charge in [-0.2, -0.15) is 0 Å². The Balaban J connectivity index is 1.65. The number of carbonyl (C=O) groups is 1. The Morgan fingerprint density at radius 2 is 1.62 bits per heavy atom. The van der Waals surface area contributed by atoms with Gasteiger partial charge in [0.25, 0.3) is 5.91 Å². The molecule has 7 heteroatoms. The van der Waals surface area contributed by atoms with E-state index in [1.54, 1.807) is 41.3 Å². The summed E-state index contributed by atoms with van der Waals surface area (Å²) in [5.74, 6) is 0.0115. The number of carbonyl (C=O) groups excluding carboxylic acids is 1. The van der Waals surface area contributed by atoms with E-state index in [0.29, 0.717) is 10.6 Å². The Hall–Kier alpha value is -1.79. The summed E-state index contributed by atoms with van der Waals surface area (Å²) in [4.78, 5) is 14.3. The molecule has 0 atom stereocenters. The maximum absolute atomic E-state index is 12.5. The van der Waals surface area contributed by atoms with E-state index in [0.717, 1.165) is 38.8 Å². The van der Waals surface area contributed by atoms with E-state index in [1.165, 1.54) is 0 Å². The van der Waals surface area contributed by atoms with Crippen LogP contribution in [-0.2, 0) is 21.3 Å². The molecule has 0 bridgehead atoms. The summed E-state index contributed by atoms with van der Waals surface area (Å²) < 4.78 is 30.3. The summed E-state index contributed by atoms with van der Waals surface area (Å²) in [6.45, 7) is 1.45. The number of hydrogen-bond acceptors (Lipinski definition) is 4. The molecule has 0 radical (unpaired) electrons. The highest BCUT2D eigenvalue weighted by molar-refractivity contribution is 7.89. The van der Waals surface area contributed by atoms with Crippen LogP contribution in [0.2, 0.25) is 5.02 Å². The average Bonchev–Trinajstić information content (AvgIpc) is 2.88. The lowest BCUT2D eigenvalue weighted by Crippen LogP contribution is -2.31. The number of hydrogen-bond donors (Lipinski definition) is 0. The number of amides is 1. The summed E-state index contributed by atoms with van der Waals surface area (Å²) in [6.07, 6.45) is 4.26. The summed E-state index contributed by atoms with van der Waals surface area (Å²) in [7, 11) is -3.41. The molecule has 1 amide bonds.